The Balaban J connectivity index is 2.13. The second-order valence-corrected chi connectivity index (χ2v) is 4.95. The second-order valence-electron chi connectivity index (χ2n) is 3.73. The zero-order valence-corrected chi connectivity index (χ0v) is 11.5. The van der Waals surface area contributed by atoms with Gasteiger partial charge in [0.25, 0.3) is 0 Å². The van der Waals surface area contributed by atoms with Crippen LogP contribution < -0.4 is 5.32 Å². The predicted molar refractivity (Wildman–Crippen MR) is 75.2 cm³/mol. The van der Waals surface area contributed by atoms with Crippen LogP contribution in [0.15, 0.2) is 36.4 Å². The highest BCUT2D eigenvalue weighted by Crippen LogP contribution is 2.32. The molecule has 0 aliphatic carbocycles. The maximum atomic E-state index is 13.0. The molecule has 1 nitrogen and oxygen atoms in total. The molecule has 0 atom stereocenters. The predicted octanol–water partition coefficient (Wildman–Crippen LogP) is 5.40. The lowest BCUT2D eigenvalue weighted by Gasteiger charge is -2.10. The highest BCUT2D eigenvalue weighted by molar-refractivity contribution is 6.44. The molecule has 5 heteroatoms. The van der Waals surface area contributed by atoms with E-state index in [-0.39, 0.29) is 5.82 Å². The molecule has 18 heavy (non-hydrogen) atoms. The van der Waals surface area contributed by atoms with Crippen LogP contribution in [0, 0.1) is 5.82 Å². The SMILES string of the molecule is Fc1cccc(CNc2cc(Cl)c(Cl)cc2Cl)c1. The van der Waals surface area contributed by atoms with Gasteiger partial charge in [-0.2, -0.15) is 0 Å². The van der Waals surface area contributed by atoms with Gasteiger partial charge in [0.05, 0.1) is 20.8 Å². The van der Waals surface area contributed by atoms with E-state index in [0.717, 1.165) is 5.56 Å². The van der Waals surface area contributed by atoms with Crippen LogP contribution >= 0.6 is 34.8 Å². The maximum Gasteiger partial charge on any atom is 0.123 e. The van der Waals surface area contributed by atoms with Gasteiger partial charge in [-0.05, 0) is 29.8 Å². The molecule has 1 N–H and O–H groups in total. The fraction of sp³-hybridized carbons (Fsp3) is 0.0769. The minimum absolute atomic E-state index is 0.269. The van der Waals surface area contributed by atoms with Crippen LogP contribution in [0.4, 0.5) is 10.1 Å². The van der Waals surface area contributed by atoms with Crippen LogP contribution in [-0.2, 0) is 6.54 Å². The summed E-state index contributed by atoms with van der Waals surface area (Å²) in [4.78, 5) is 0. The molecule has 0 saturated heterocycles. The minimum atomic E-state index is -0.269. The van der Waals surface area contributed by atoms with Gasteiger partial charge in [-0.3, -0.25) is 0 Å². The van der Waals surface area contributed by atoms with Crippen molar-refractivity contribution < 1.29 is 4.39 Å². The van der Waals surface area contributed by atoms with E-state index in [1.54, 1.807) is 18.2 Å². The van der Waals surface area contributed by atoms with Crippen molar-refractivity contribution in [1.29, 1.82) is 0 Å². The van der Waals surface area contributed by atoms with Crippen molar-refractivity contribution in [2.75, 3.05) is 5.32 Å². The van der Waals surface area contributed by atoms with E-state index >= 15 is 0 Å². The average molecular weight is 305 g/mol. The summed E-state index contributed by atoms with van der Waals surface area (Å²) in [6.45, 7) is 0.454. The highest BCUT2D eigenvalue weighted by atomic mass is 35.5. The van der Waals surface area contributed by atoms with Crippen molar-refractivity contribution in [2.45, 2.75) is 6.54 Å². The molecule has 0 aliphatic rings. The number of nitrogens with one attached hydrogen (secondary N) is 1. The summed E-state index contributed by atoms with van der Waals surface area (Å²) in [5.74, 6) is -0.269. The number of benzene rings is 2. The quantitative estimate of drug-likeness (QED) is 0.749. The van der Waals surface area contributed by atoms with Crippen LogP contribution in [0.5, 0.6) is 0 Å². The van der Waals surface area contributed by atoms with Gasteiger partial charge in [0, 0.05) is 6.54 Å². The first-order valence-electron chi connectivity index (χ1n) is 5.19. The normalized spacial score (nSPS) is 10.4. The van der Waals surface area contributed by atoms with E-state index in [1.165, 1.54) is 12.1 Å². The largest absolute Gasteiger partial charge is 0.380 e. The molecule has 2 aromatic carbocycles. The lowest BCUT2D eigenvalue weighted by atomic mass is 10.2. The van der Waals surface area contributed by atoms with Crippen LogP contribution in [0.2, 0.25) is 15.1 Å². The summed E-state index contributed by atoms with van der Waals surface area (Å²) < 4.78 is 13.0. The van der Waals surface area contributed by atoms with Crippen molar-refractivity contribution in [1.82, 2.24) is 0 Å². The Bertz CT molecular complexity index is 572. The van der Waals surface area contributed by atoms with Gasteiger partial charge < -0.3 is 5.32 Å². The van der Waals surface area contributed by atoms with Crippen LogP contribution in [0.1, 0.15) is 5.56 Å². The summed E-state index contributed by atoms with van der Waals surface area (Å²) >= 11 is 17.8. The number of hydrogen-bond donors (Lipinski definition) is 1. The first-order chi connectivity index (χ1) is 8.56. The Kier molecular flexibility index (Phi) is 4.33. The van der Waals surface area contributed by atoms with E-state index in [9.17, 15) is 4.39 Å². The number of anilines is 1. The first kappa shape index (κ1) is 13.5. The van der Waals surface area contributed by atoms with Crippen molar-refractivity contribution in [2.24, 2.45) is 0 Å². The Labute approximate surface area is 119 Å². The molecule has 0 amide bonds. The molecule has 0 fully saturated rings. The highest BCUT2D eigenvalue weighted by Gasteiger charge is 2.05. The zero-order valence-electron chi connectivity index (χ0n) is 9.18. The van der Waals surface area contributed by atoms with Crippen molar-refractivity contribution in [3.63, 3.8) is 0 Å². The third-order valence-electron chi connectivity index (χ3n) is 2.38. The summed E-state index contributed by atoms with van der Waals surface area (Å²) in [5.41, 5.74) is 1.48. The molecule has 0 radical (unpaired) electrons. The molecule has 0 aliphatic heterocycles. The third kappa shape index (κ3) is 3.29. The summed E-state index contributed by atoms with van der Waals surface area (Å²) in [6.07, 6.45) is 0. The topological polar surface area (TPSA) is 12.0 Å². The van der Waals surface area contributed by atoms with Gasteiger partial charge in [0.1, 0.15) is 5.82 Å². The fourth-order valence-corrected chi connectivity index (χ4v) is 2.12. The van der Waals surface area contributed by atoms with Gasteiger partial charge >= 0.3 is 0 Å². The number of hydrogen-bond acceptors (Lipinski definition) is 1. The van der Waals surface area contributed by atoms with Gasteiger partial charge in [0.15, 0.2) is 0 Å². The molecular formula is C13H9Cl3FN. The molecular weight excluding hydrogens is 296 g/mol. The van der Waals surface area contributed by atoms with Crippen molar-refractivity contribution in [3.8, 4) is 0 Å². The van der Waals surface area contributed by atoms with E-state index in [2.05, 4.69) is 5.32 Å². The Morgan fingerprint density at radius 2 is 1.67 bits per heavy atom. The number of halogens is 4. The molecule has 0 bridgehead atoms. The summed E-state index contributed by atoms with van der Waals surface area (Å²) in [5, 5.41) is 4.38. The van der Waals surface area contributed by atoms with Gasteiger partial charge in [0.2, 0.25) is 0 Å². The molecule has 0 heterocycles. The summed E-state index contributed by atoms with van der Waals surface area (Å²) in [7, 11) is 0. The Morgan fingerprint density at radius 3 is 2.39 bits per heavy atom. The third-order valence-corrected chi connectivity index (χ3v) is 3.42. The van der Waals surface area contributed by atoms with Crippen molar-refractivity contribution in [3.05, 3.63) is 62.8 Å². The lowest BCUT2D eigenvalue weighted by Crippen LogP contribution is -2.00. The fourth-order valence-electron chi connectivity index (χ4n) is 1.50. The van der Waals surface area contributed by atoms with E-state index in [0.29, 0.717) is 27.3 Å². The molecule has 0 aromatic heterocycles. The minimum Gasteiger partial charge on any atom is -0.380 e. The summed E-state index contributed by atoms with van der Waals surface area (Å²) in [6, 6.07) is 9.54. The zero-order chi connectivity index (χ0) is 13.1. The average Bonchev–Trinajstić information content (AvgIpc) is 2.32. The smallest absolute Gasteiger partial charge is 0.123 e. The first-order valence-corrected chi connectivity index (χ1v) is 6.32. The molecule has 2 rings (SSSR count). The van der Waals surface area contributed by atoms with Crippen LogP contribution in [0.25, 0.3) is 0 Å². The van der Waals surface area contributed by atoms with E-state index in [4.69, 9.17) is 34.8 Å². The molecule has 0 spiro atoms. The maximum absolute atomic E-state index is 13.0. The second kappa shape index (κ2) is 5.79. The van der Waals surface area contributed by atoms with Crippen molar-refractivity contribution >= 4 is 40.5 Å². The molecule has 2 aromatic rings. The lowest BCUT2D eigenvalue weighted by molar-refractivity contribution is 0.626. The van der Waals surface area contributed by atoms with E-state index in [1.807, 2.05) is 6.07 Å². The monoisotopic (exact) mass is 303 g/mol. The molecule has 94 valence electrons. The Hall–Kier alpha value is -0.960. The van der Waals surface area contributed by atoms with Gasteiger partial charge in [-0.25, -0.2) is 4.39 Å². The van der Waals surface area contributed by atoms with Gasteiger partial charge in [-0.15, -0.1) is 0 Å². The van der Waals surface area contributed by atoms with Crippen LogP contribution in [0.3, 0.4) is 0 Å². The molecule has 0 saturated carbocycles. The van der Waals surface area contributed by atoms with Crippen LogP contribution in [-0.4, -0.2) is 0 Å². The standard InChI is InChI=1S/C13H9Cl3FN/c14-10-5-12(16)13(6-11(10)15)18-7-8-2-1-3-9(17)4-8/h1-6,18H,7H2. The van der Waals surface area contributed by atoms with E-state index < -0.39 is 0 Å². The Morgan fingerprint density at radius 1 is 0.944 bits per heavy atom. The number of rotatable bonds is 3. The van der Waals surface area contributed by atoms with Gasteiger partial charge in [-0.1, -0.05) is 46.9 Å². The molecule has 0 unspecified atom stereocenters.